The van der Waals surface area contributed by atoms with Gasteiger partial charge in [0.05, 0.1) is 11.0 Å². The molecule has 0 bridgehead atoms. The van der Waals surface area contributed by atoms with Crippen LogP contribution in [0.15, 0.2) is 72.0 Å². The lowest BCUT2D eigenvalue weighted by atomic mass is 9.98. The molecule has 0 saturated heterocycles. The molecule has 1 aromatic carbocycles. The summed E-state index contributed by atoms with van der Waals surface area (Å²) in [5.74, 6) is 0. The maximum absolute atomic E-state index is 11.4. The van der Waals surface area contributed by atoms with Crippen LogP contribution in [0.1, 0.15) is 0 Å². The van der Waals surface area contributed by atoms with E-state index in [1.54, 1.807) is 18.6 Å². The fourth-order valence-electron chi connectivity index (χ4n) is 3.19. The molecule has 5 aromatic rings. The largest absolute Gasteiger partial charge is 0.325 e. The van der Waals surface area contributed by atoms with Crippen LogP contribution in [-0.2, 0) is 0 Å². The van der Waals surface area contributed by atoms with E-state index in [2.05, 4.69) is 31.0 Å². The van der Waals surface area contributed by atoms with Gasteiger partial charge in [-0.1, -0.05) is 6.07 Å². The van der Waals surface area contributed by atoms with Gasteiger partial charge in [-0.15, -0.1) is 0 Å². The summed E-state index contributed by atoms with van der Waals surface area (Å²) < 4.78 is 0. The standard InChI is InChI=1S/C20H13N5O/c26-20-24-18-10-14(11-23-19(18)25-20)13-1-2-17-16(9-13)15(5-8-22-17)12-3-6-21-7-4-12/h1-11H,(H2,23,24,25,26). The van der Waals surface area contributed by atoms with Crippen molar-refractivity contribution in [1.29, 1.82) is 0 Å². The maximum Gasteiger partial charge on any atom is 0.325 e. The lowest BCUT2D eigenvalue weighted by Crippen LogP contribution is -1.99. The van der Waals surface area contributed by atoms with Gasteiger partial charge in [-0.3, -0.25) is 15.0 Å². The SMILES string of the molecule is O=c1[nH]c2cc(-c3ccc4nccc(-c5ccncc5)c4c3)cnc2[nH]1. The van der Waals surface area contributed by atoms with Crippen LogP contribution in [0.25, 0.3) is 44.3 Å². The average Bonchev–Trinajstić information content (AvgIpc) is 3.07. The monoisotopic (exact) mass is 339 g/mol. The Balaban J connectivity index is 1.72. The Hall–Kier alpha value is -3.80. The van der Waals surface area contributed by atoms with Gasteiger partial charge in [-0.25, -0.2) is 9.78 Å². The number of benzene rings is 1. The minimum Gasteiger partial charge on any atom is -0.304 e. The second-order valence-electron chi connectivity index (χ2n) is 6.03. The molecule has 4 aromatic heterocycles. The predicted molar refractivity (Wildman–Crippen MR) is 101 cm³/mol. The molecule has 4 heterocycles. The van der Waals surface area contributed by atoms with Crippen LogP contribution in [-0.4, -0.2) is 24.9 Å². The van der Waals surface area contributed by atoms with Crippen molar-refractivity contribution in [2.45, 2.75) is 0 Å². The topological polar surface area (TPSA) is 87.3 Å². The van der Waals surface area contributed by atoms with Crippen LogP contribution in [0.2, 0.25) is 0 Å². The van der Waals surface area contributed by atoms with E-state index >= 15 is 0 Å². The maximum atomic E-state index is 11.4. The molecule has 6 heteroatoms. The van der Waals surface area contributed by atoms with Crippen LogP contribution in [0.3, 0.4) is 0 Å². The number of hydrogen-bond donors (Lipinski definition) is 2. The van der Waals surface area contributed by atoms with Gasteiger partial charge in [0, 0.05) is 35.7 Å². The van der Waals surface area contributed by atoms with E-state index in [0.29, 0.717) is 11.2 Å². The minimum atomic E-state index is -0.257. The van der Waals surface area contributed by atoms with E-state index in [4.69, 9.17) is 0 Å². The smallest absolute Gasteiger partial charge is 0.304 e. The number of imidazole rings is 1. The van der Waals surface area contributed by atoms with Gasteiger partial charge in [-0.2, -0.15) is 0 Å². The first-order valence-electron chi connectivity index (χ1n) is 8.15. The van der Waals surface area contributed by atoms with E-state index in [1.807, 2.05) is 42.6 Å². The number of nitrogens with zero attached hydrogens (tertiary/aromatic N) is 3. The van der Waals surface area contributed by atoms with Gasteiger partial charge >= 0.3 is 5.69 Å². The highest BCUT2D eigenvalue weighted by Gasteiger charge is 2.08. The molecule has 0 unspecified atom stereocenters. The van der Waals surface area contributed by atoms with Crippen molar-refractivity contribution in [2.24, 2.45) is 0 Å². The van der Waals surface area contributed by atoms with Crippen molar-refractivity contribution in [3.63, 3.8) is 0 Å². The number of nitrogens with one attached hydrogen (secondary N) is 2. The van der Waals surface area contributed by atoms with Crippen molar-refractivity contribution in [1.82, 2.24) is 24.9 Å². The highest BCUT2D eigenvalue weighted by Crippen LogP contribution is 2.31. The fourth-order valence-corrected chi connectivity index (χ4v) is 3.19. The summed E-state index contributed by atoms with van der Waals surface area (Å²) in [4.78, 5) is 29.7. The third kappa shape index (κ3) is 2.36. The molecular weight excluding hydrogens is 326 g/mol. The summed E-state index contributed by atoms with van der Waals surface area (Å²) in [7, 11) is 0. The number of fused-ring (bicyclic) bond motifs is 2. The summed E-state index contributed by atoms with van der Waals surface area (Å²) in [5.41, 5.74) is 6.04. The third-order valence-corrected chi connectivity index (χ3v) is 4.43. The Kier molecular flexibility index (Phi) is 3.15. The van der Waals surface area contributed by atoms with E-state index in [0.717, 1.165) is 33.2 Å². The van der Waals surface area contributed by atoms with Crippen LogP contribution in [0.4, 0.5) is 0 Å². The molecular formula is C20H13N5O. The number of H-pyrrole nitrogens is 2. The van der Waals surface area contributed by atoms with Gasteiger partial charge < -0.3 is 4.98 Å². The van der Waals surface area contributed by atoms with Gasteiger partial charge in [0.25, 0.3) is 0 Å². The Morgan fingerprint density at radius 1 is 0.769 bits per heavy atom. The normalized spacial score (nSPS) is 11.2. The number of pyridine rings is 3. The molecule has 0 fully saturated rings. The Morgan fingerprint density at radius 2 is 1.65 bits per heavy atom. The van der Waals surface area contributed by atoms with Gasteiger partial charge in [0.2, 0.25) is 0 Å². The van der Waals surface area contributed by atoms with Crippen LogP contribution < -0.4 is 5.69 Å². The fraction of sp³-hybridized carbons (Fsp3) is 0. The number of hydrogen-bond acceptors (Lipinski definition) is 4. The summed E-state index contributed by atoms with van der Waals surface area (Å²) in [6, 6.07) is 14.0. The third-order valence-electron chi connectivity index (χ3n) is 4.43. The van der Waals surface area contributed by atoms with Gasteiger partial charge in [0.1, 0.15) is 0 Å². The molecule has 0 amide bonds. The zero-order valence-electron chi connectivity index (χ0n) is 13.6. The first-order valence-corrected chi connectivity index (χ1v) is 8.15. The molecule has 0 aliphatic heterocycles. The summed E-state index contributed by atoms with van der Waals surface area (Å²) in [5, 5.41) is 1.05. The molecule has 0 atom stereocenters. The second kappa shape index (κ2) is 5.63. The molecule has 5 rings (SSSR count). The first kappa shape index (κ1) is 14.5. The highest BCUT2D eigenvalue weighted by molar-refractivity contribution is 5.97. The molecule has 124 valence electrons. The lowest BCUT2D eigenvalue weighted by molar-refractivity contribution is 1.20. The van der Waals surface area contributed by atoms with E-state index in [9.17, 15) is 4.79 Å². The second-order valence-corrected chi connectivity index (χ2v) is 6.03. The predicted octanol–water partition coefficient (Wildman–Crippen LogP) is 3.53. The highest BCUT2D eigenvalue weighted by atomic mass is 16.1. The number of rotatable bonds is 2. The Labute approximate surface area is 147 Å². The molecule has 26 heavy (non-hydrogen) atoms. The first-order chi connectivity index (χ1) is 12.8. The van der Waals surface area contributed by atoms with E-state index in [1.165, 1.54) is 0 Å². The van der Waals surface area contributed by atoms with Crippen molar-refractivity contribution >= 4 is 22.1 Å². The molecule has 0 saturated carbocycles. The number of aromatic nitrogens is 5. The Morgan fingerprint density at radius 3 is 2.54 bits per heavy atom. The van der Waals surface area contributed by atoms with Crippen molar-refractivity contribution in [3.05, 3.63) is 77.7 Å². The zero-order chi connectivity index (χ0) is 17.5. The van der Waals surface area contributed by atoms with E-state index in [-0.39, 0.29) is 5.69 Å². The lowest BCUT2D eigenvalue weighted by Gasteiger charge is -2.08. The molecule has 0 aliphatic rings. The Bertz CT molecular complexity index is 1300. The average molecular weight is 339 g/mol. The zero-order valence-corrected chi connectivity index (χ0v) is 13.6. The molecule has 0 radical (unpaired) electrons. The van der Waals surface area contributed by atoms with Crippen LogP contribution in [0, 0.1) is 0 Å². The van der Waals surface area contributed by atoms with Gasteiger partial charge in [0.15, 0.2) is 5.65 Å². The molecule has 0 aliphatic carbocycles. The van der Waals surface area contributed by atoms with Crippen LogP contribution in [0.5, 0.6) is 0 Å². The van der Waals surface area contributed by atoms with Crippen molar-refractivity contribution in [2.75, 3.05) is 0 Å². The summed E-state index contributed by atoms with van der Waals surface area (Å²) in [6.07, 6.45) is 7.14. The summed E-state index contributed by atoms with van der Waals surface area (Å²) in [6.45, 7) is 0. The van der Waals surface area contributed by atoms with Crippen molar-refractivity contribution < 1.29 is 0 Å². The minimum absolute atomic E-state index is 0.257. The van der Waals surface area contributed by atoms with E-state index < -0.39 is 0 Å². The number of aromatic amines is 2. The van der Waals surface area contributed by atoms with Crippen molar-refractivity contribution in [3.8, 4) is 22.3 Å². The molecule has 0 spiro atoms. The molecule has 2 N–H and O–H groups in total. The molecule has 6 nitrogen and oxygen atoms in total. The summed E-state index contributed by atoms with van der Waals surface area (Å²) >= 11 is 0. The van der Waals surface area contributed by atoms with Gasteiger partial charge in [-0.05, 0) is 53.1 Å². The van der Waals surface area contributed by atoms with Crippen LogP contribution >= 0.6 is 0 Å². The quantitative estimate of drug-likeness (QED) is 0.515.